The average Bonchev–Trinajstić information content (AvgIpc) is 2.37. The summed E-state index contributed by atoms with van der Waals surface area (Å²) in [7, 11) is 1.91. The van der Waals surface area contributed by atoms with E-state index in [0.29, 0.717) is 18.4 Å². The van der Waals surface area contributed by atoms with Crippen molar-refractivity contribution in [3.63, 3.8) is 0 Å². The van der Waals surface area contributed by atoms with E-state index in [2.05, 4.69) is 17.1 Å². The maximum atomic E-state index is 12.2. The highest BCUT2D eigenvalue weighted by atomic mass is 16.2. The molecule has 0 aromatic rings. The van der Waals surface area contributed by atoms with Crippen LogP contribution in [0.4, 0.5) is 0 Å². The Labute approximate surface area is 105 Å². The van der Waals surface area contributed by atoms with E-state index in [-0.39, 0.29) is 0 Å². The molecule has 1 saturated carbocycles. The molecule has 3 nitrogen and oxygen atoms in total. The van der Waals surface area contributed by atoms with Gasteiger partial charge in [0.2, 0.25) is 5.91 Å². The van der Waals surface area contributed by atoms with Crippen molar-refractivity contribution in [2.75, 3.05) is 20.1 Å². The van der Waals surface area contributed by atoms with Crippen molar-refractivity contribution in [3.05, 3.63) is 0 Å². The molecule has 1 saturated heterocycles. The van der Waals surface area contributed by atoms with Gasteiger partial charge in [0.1, 0.15) is 0 Å². The van der Waals surface area contributed by atoms with Crippen molar-refractivity contribution in [2.24, 2.45) is 11.8 Å². The van der Waals surface area contributed by atoms with Crippen molar-refractivity contribution in [1.82, 2.24) is 10.2 Å². The standard InChI is InChI=1S/C14H26N2O/c1-11-8-10-16(14(17)7-9-15-2)13-6-4-3-5-12(11)13/h11-13,15H,3-10H2,1-2H3. The van der Waals surface area contributed by atoms with Crippen LogP contribution in [0.1, 0.15) is 45.4 Å². The number of carbonyl (C=O) groups is 1. The first-order valence-corrected chi connectivity index (χ1v) is 7.18. The zero-order valence-corrected chi connectivity index (χ0v) is 11.2. The molecule has 98 valence electrons. The van der Waals surface area contributed by atoms with E-state index in [1.807, 2.05) is 7.05 Å². The van der Waals surface area contributed by atoms with Gasteiger partial charge in [0.25, 0.3) is 0 Å². The normalized spacial score (nSPS) is 33.3. The van der Waals surface area contributed by atoms with E-state index < -0.39 is 0 Å². The van der Waals surface area contributed by atoms with Crippen molar-refractivity contribution < 1.29 is 4.79 Å². The van der Waals surface area contributed by atoms with Gasteiger partial charge in [0, 0.05) is 25.6 Å². The van der Waals surface area contributed by atoms with Gasteiger partial charge in [-0.05, 0) is 38.1 Å². The molecule has 3 heteroatoms. The van der Waals surface area contributed by atoms with E-state index >= 15 is 0 Å². The number of likely N-dealkylation sites (tertiary alicyclic amines) is 1. The molecule has 1 amide bonds. The van der Waals surface area contributed by atoms with Crippen molar-refractivity contribution in [2.45, 2.75) is 51.5 Å². The number of nitrogens with one attached hydrogen (secondary N) is 1. The van der Waals surface area contributed by atoms with Gasteiger partial charge in [0.05, 0.1) is 0 Å². The number of rotatable bonds is 3. The molecule has 2 fully saturated rings. The summed E-state index contributed by atoms with van der Waals surface area (Å²) >= 11 is 0. The van der Waals surface area contributed by atoms with Crippen molar-refractivity contribution >= 4 is 5.91 Å². The Kier molecular flexibility index (Phi) is 4.43. The predicted octanol–water partition coefficient (Wildman–Crippen LogP) is 2.02. The highest BCUT2D eigenvalue weighted by Crippen LogP contribution is 2.38. The minimum Gasteiger partial charge on any atom is -0.339 e. The molecule has 1 aliphatic carbocycles. The zero-order valence-electron chi connectivity index (χ0n) is 11.2. The van der Waals surface area contributed by atoms with Crippen LogP contribution in [0.15, 0.2) is 0 Å². The molecule has 0 aromatic heterocycles. The molecule has 0 radical (unpaired) electrons. The van der Waals surface area contributed by atoms with Crippen LogP contribution in [-0.4, -0.2) is 37.0 Å². The molecule has 2 rings (SSSR count). The number of hydrogen-bond donors (Lipinski definition) is 1. The summed E-state index contributed by atoms with van der Waals surface area (Å²) in [5.41, 5.74) is 0. The van der Waals surface area contributed by atoms with Crippen molar-refractivity contribution in [3.8, 4) is 0 Å². The van der Waals surface area contributed by atoms with Crippen LogP contribution < -0.4 is 5.32 Å². The van der Waals surface area contributed by atoms with Crippen LogP contribution in [0, 0.1) is 11.8 Å². The quantitative estimate of drug-likeness (QED) is 0.816. The van der Waals surface area contributed by atoms with E-state index in [9.17, 15) is 4.79 Å². The Morgan fingerprint density at radius 3 is 2.82 bits per heavy atom. The summed E-state index contributed by atoms with van der Waals surface area (Å²) in [4.78, 5) is 14.4. The number of hydrogen-bond acceptors (Lipinski definition) is 2. The second kappa shape index (κ2) is 5.85. The van der Waals surface area contributed by atoms with Gasteiger partial charge in [-0.1, -0.05) is 19.8 Å². The number of fused-ring (bicyclic) bond motifs is 1. The maximum absolute atomic E-state index is 12.2. The fraction of sp³-hybridized carbons (Fsp3) is 0.929. The monoisotopic (exact) mass is 238 g/mol. The number of amides is 1. The molecule has 17 heavy (non-hydrogen) atoms. The van der Waals surface area contributed by atoms with Gasteiger partial charge >= 0.3 is 0 Å². The number of carbonyl (C=O) groups excluding carboxylic acids is 1. The molecule has 3 unspecified atom stereocenters. The molecule has 1 aliphatic heterocycles. The van der Waals surface area contributed by atoms with Crippen LogP contribution in [0.3, 0.4) is 0 Å². The van der Waals surface area contributed by atoms with E-state index in [1.165, 1.54) is 32.1 Å². The summed E-state index contributed by atoms with van der Waals surface area (Å²) in [6.45, 7) is 4.17. The van der Waals surface area contributed by atoms with Gasteiger partial charge in [-0.3, -0.25) is 4.79 Å². The summed E-state index contributed by atoms with van der Waals surface area (Å²) in [5, 5.41) is 3.07. The van der Waals surface area contributed by atoms with Crippen LogP contribution in [-0.2, 0) is 4.79 Å². The highest BCUT2D eigenvalue weighted by molar-refractivity contribution is 5.76. The van der Waals surface area contributed by atoms with Crippen LogP contribution in [0.5, 0.6) is 0 Å². The fourth-order valence-corrected chi connectivity index (χ4v) is 3.60. The Hall–Kier alpha value is -0.570. The largest absolute Gasteiger partial charge is 0.339 e. The highest BCUT2D eigenvalue weighted by Gasteiger charge is 2.38. The predicted molar refractivity (Wildman–Crippen MR) is 69.8 cm³/mol. The van der Waals surface area contributed by atoms with Gasteiger partial charge in [-0.2, -0.15) is 0 Å². The molecular formula is C14H26N2O. The second-order valence-corrected chi connectivity index (χ2v) is 5.72. The lowest BCUT2D eigenvalue weighted by molar-refractivity contribution is -0.138. The maximum Gasteiger partial charge on any atom is 0.224 e. The van der Waals surface area contributed by atoms with E-state index in [4.69, 9.17) is 0 Å². The first-order chi connectivity index (χ1) is 8.24. The lowest BCUT2D eigenvalue weighted by atomic mass is 9.72. The average molecular weight is 238 g/mol. The van der Waals surface area contributed by atoms with Gasteiger partial charge in [-0.25, -0.2) is 0 Å². The summed E-state index contributed by atoms with van der Waals surface area (Å²) in [6, 6.07) is 0.553. The Morgan fingerprint density at radius 1 is 1.29 bits per heavy atom. The lowest BCUT2D eigenvalue weighted by Crippen LogP contribution is -2.52. The van der Waals surface area contributed by atoms with Crippen molar-refractivity contribution in [1.29, 1.82) is 0 Å². The minimum atomic E-state index is 0.364. The Morgan fingerprint density at radius 2 is 2.06 bits per heavy atom. The fourth-order valence-electron chi connectivity index (χ4n) is 3.60. The lowest BCUT2D eigenvalue weighted by Gasteiger charge is -2.47. The number of nitrogens with zero attached hydrogens (tertiary/aromatic N) is 1. The first-order valence-electron chi connectivity index (χ1n) is 7.18. The molecule has 2 aliphatic rings. The third-order valence-corrected chi connectivity index (χ3v) is 4.65. The van der Waals surface area contributed by atoms with E-state index in [1.54, 1.807) is 0 Å². The van der Waals surface area contributed by atoms with Gasteiger partial charge in [-0.15, -0.1) is 0 Å². The van der Waals surface area contributed by atoms with Crippen LogP contribution in [0.2, 0.25) is 0 Å². The SMILES string of the molecule is CNCCC(=O)N1CCC(C)C2CCCCC21. The molecule has 0 bridgehead atoms. The third kappa shape index (κ3) is 2.82. The molecule has 0 aromatic carbocycles. The summed E-state index contributed by atoms with van der Waals surface area (Å²) in [6.07, 6.45) is 7.11. The molecule has 1 heterocycles. The van der Waals surface area contributed by atoms with Gasteiger partial charge in [0.15, 0.2) is 0 Å². The third-order valence-electron chi connectivity index (χ3n) is 4.65. The molecule has 0 spiro atoms. The number of piperidine rings is 1. The first kappa shape index (κ1) is 12.9. The Balaban J connectivity index is 1.99. The van der Waals surface area contributed by atoms with Crippen LogP contribution in [0.25, 0.3) is 0 Å². The van der Waals surface area contributed by atoms with E-state index in [0.717, 1.165) is 24.9 Å². The smallest absolute Gasteiger partial charge is 0.224 e. The minimum absolute atomic E-state index is 0.364. The zero-order chi connectivity index (χ0) is 12.3. The molecule has 3 atom stereocenters. The summed E-state index contributed by atoms with van der Waals surface area (Å²) < 4.78 is 0. The Bertz CT molecular complexity index is 267. The van der Waals surface area contributed by atoms with Gasteiger partial charge < -0.3 is 10.2 Å². The second-order valence-electron chi connectivity index (χ2n) is 5.72. The topological polar surface area (TPSA) is 32.3 Å². The molecular weight excluding hydrogens is 212 g/mol. The molecule has 1 N–H and O–H groups in total. The summed E-state index contributed by atoms with van der Waals surface area (Å²) in [5.74, 6) is 1.95. The van der Waals surface area contributed by atoms with Crippen LogP contribution >= 0.6 is 0 Å².